The van der Waals surface area contributed by atoms with Gasteiger partial charge in [0.05, 0.1) is 10.9 Å². The van der Waals surface area contributed by atoms with Crippen LogP contribution in [-0.4, -0.2) is 31.1 Å². The molecule has 1 atom stereocenters. The van der Waals surface area contributed by atoms with Gasteiger partial charge in [0.15, 0.2) is 11.0 Å². The highest BCUT2D eigenvalue weighted by Crippen LogP contribution is 2.27. The molecule has 0 saturated heterocycles. The Labute approximate surface area is 153 Å². The van der Waals surface area contributed by atoms with Crippen molar-refractivity contribution in [3.8, 4) is 5.69 Å². The van der Waals surface area contributed by atoms with E-state index in [-0.39, 0.29) is 11.2 Å². The van der Waals surface area contributed by atoms with Crippen LogP contribution in [0.25, 0.3) is 5.69 Å². The maximum Gasteiger partial charge on any atom is 0.239 e. The minimum Gasteiger partial charge on any atom is -0.360 e. The number of hydrogen-bond donors (Lipinski definition) is 1. The second kappa shape index (κ2) is 7.71. The molecule has 0 fully saturated rings. The van der Waals surface area contributed by atoms with E-state index in [1.165, 1.54) is 11.8 Å². The van der Waals surface area contributed by atoms with Crippen LogP contribution in [0, 0.1) is 6.92 Å². The molecule has 0 spiro atoms. The van der Waals surface area contributed by atoms with Crippen molar-refractivity contribution in [2.24, 2.45) is 0 Å². The first kappa shape index (κ1) is 17.5. The molecule has 130 valence electrons. The SMILES string of the molecule is CC[C@H](Sc1nncn1-c1cccc(Cl)c1)C(=O)Nc1cc(C)on1. The molecule has 7 nitrogen and oxygen atoms in total. The standard InChI is InChI=1S/C16H16ClN5O2S/c1-3-13(15(23)19-14-7-10(2)24-21-14)25-16-20-18-9-22(16)12-6-4-5-11(17)8-12/h4-9,13H,3H2,1-2H3,(H,19,21,23)/t13-/m0/s1. The van der Waals surface area contributed by atoms with E-state index in [9.17, 15) is 4.79 Å². The second-order valence-electron chi connectivity index (χ2n) is 5.29. The van der Waals surface area contributed by atoms with E-state index in [0.717, 1.165) is 5.69 Å². The molecule has 0 aliphatic heterocycles. The summed E-state index contributed by atoms with van der Waals surface area (Å²) in [5, 5.41) is 15.5. The van der Waals surface area contributed by atoms with Crippen molar-refractivity contribution in [3.05, 3.63) is 47.4 Å². The predicted octanol–water partition coefficient (Wildman–Crippen LogP) is 3.73. The summed E-state index contributed by atoms with van der Waals surface area (Å²) in [6.45, 7) is 3.70. The highest BCUT2D eigenvalue weighted by molar-refractivity contribution is 8.00. The van der Waals surface area contributed by atoms with Crippen molar-refractivity contribution >= 4 is 35.1 Å². The lowest BCUT2D eigenvalue weighted by Crippen LogP contribution is -2.25. The first-order chi connectivity index (χ1) is 12.1. The molecule has 0 aliphatic rings. The molecule has 0 aliphatic carbocycles. The number of anilines is 1. The van der Waals surface area contributed by atoms with Gasteiger partial charge < -0.3 is 9.84 Å². The molecule has 9 heteroatoms. The number of aromatic nitrogens is 4. The number of rotatable bonds is 6. The maximum atomic E-state index is 12.5. The molecule has 3 rings (SSSR count). The fourth-order valence-corrected chi connectivity index (χ4v) is 3.32. The number of nitrogens with zero attached hydrogens (tertiary/aromatic N) is 4. The Morgan fingerprint density at radius 1 is 1.44 bits per heavy atom. The average Bonchev–Trinajstić information content (AvgIpc) is 3.21. The molecule has 3 aromatic rings. The monoisotopic (exact) mass is 377 g/mol. The first-order valence-electron chi connectivity index (χ1n) is 7.63. The minimum atomic E-state index is -0.348. The summed E-state index contributed by atoms with van der Waals surface area (Å²) >= 11 is 7.38. The van der Waals surface area contributed by atoms with Crippen LogP contribution in [0.15, 0.2) is 46.3 Å². The van der Waals surface area contributed by atoms with Gasteiger partial charge in [0.2, 0.25) is 5.91 Å². The van der Waals surface area contributed by atoms with E-state index in [1.807, 2.05) is 25.1 Å². The highest BCUT2D eigenvalue weighted by Gasteiger charge is 2.22. The molecule has 1 amide bonds. The topological polar surface area (TPSA) is 85.8 Å². The fourth-order valence-electron chi connectivity index (χ4n) is 2.19. The third-order valence-electron chi connectivity index (χ3n) is 3.39. The van der Waals surface area contributed by atoms with Crippen molar-refractivity contribution in [3.63, 3.8) is 0 Å². The normalized spacial score (nSPS) is 12.1. The van der Waals surface area contributed by atoms with Crippen LogP contribution in [0.5, 0.6) is 0 Å². The molecule has 1 aromatic carbocycles. The van der Waals surface area contributed by atoms with Gasteiger partial charge in [0.25, 0.3) is 0 Å². The Hall–Kier alpha value is -2.32. The zero-order valence-corrected chi connectivity index (χ0v) is 15.2. The number of thioether (sulfide) groups is 1. The number of nitrogens with one attached hydrogen (secondary N) is 1. The van der Waals surface area contributed by atoms with Crippen molar-refractivity contribution in [2.45, 2.75) is 30.7 Å². The zero-order valence-electron chi connectivity index (χ0n) is 13.6. The van der Waals surface area contributed by atoms with Crippen LogP contribution in [0.1, 0.15) is 19.1 Å². The van der Waals surface area contributed by atoms with Crippen molar-refractivity contribution in [1.29, 1.82) is 0 Å². The number of amides is 1. The van der Waals surface area contributed by atoms with E-state index in [1.54, 1.807) is 30.0 Å². The van der Waals surface area contributed by atoms with Crippen LogP contribution in [-0.2, 0) is 4.79 Å². The van der Waals surface area contributed by atoms with Crippen LogP contribution in [0.3, 0.4) is 0 Å². The summed E-state index contributed by atoms with van der Waals surface area (Å²) < 4.78 is 6.76. The van der Waals surface area contributed by atoms with Crippen LogP contribution in [0.4, 0.5) is 5.82 Å². The maximum absolute atomic E-state index is 12.5. The Balaban J connectivity index is 1.76. The van der Waals surface area contributed by atoms with Gasteiger partial charge in [-0.15, -0.1) is 10.2 Å². The average molecular weight is 378 g/mol. The number of benzene rings is 1. The van der Waals surface area contributed by atoms with Gasteiger partial charge in [-0.25, -0.2) is 0 Å². The number of carbonyl (C=O) groups excluding carboxylic acids is 1. The summed E-state index contributed by atoms with van der Waals surface area (Å²) in [6, 6.07) is 9.03. The van der Waals surface area contributed by atoms with Crippen molar-refractivity contribution in [2.75, 3.05) is 5.32 Å². The van der Waals surface area contributed by atoms with Gasteiger partial charge in [0, 0.05) is 11.1 Å². The number of carbonyl (C=O) groups is 1. The molecule has 0 saturated carbocycles. The molecular formula is C16H16ClN5O2S. The van der Waals surface area contributed by atoms with Crippen molar-refractivity contribution in [1.82, 2.24) is 19.9 Å². The van der Waals surface area contributed by atoms with Gasteiger partial charge in [-0.05, 0) is 31.5 Å². The van der Waals surface area contributed by atoms with Crippen LogP contribution in [0.2, 0.25) is 5.02 Å². The lowest BCUT2D eigenvalue weighted by Gasteiger charge is -2.13. The lowest BCUT2D eigenvalue weighted by atomic mass is 10.3. The zero-order chi connectivity index (χ0) is 17.8. The van der Waals surface area contributed by atoms with E-state index in [2.05, 4.69) is 20.7 Å². The van der Waals surface area contributed by atoms with E-state index < -0.39 is 0 Å². The van der Waals surface area contributed by atoms with E-state index >= 15 is 0 Å². The molecular weight excluding hydrogens is 362 g/mol. The molecule has 2 aromatic heterocycles. The fraction of sp³-hybridized carbons (Fsp3) is 0.250. The Kier molecular flexibility index (Phi) is 5.40. The smallest absolute Gasteiger partial charge is 0.239 e. The number of halogens is 1. The third kappa shape index (κ3) is 4.21. The Morgan fingerprint density at radius 2 is 2.28 bits per heavy atom. The largest absolute Gasteiger partial charge is 0.360 e. The molecule has 0 bridgehead atoms. The number of hydrogen-bond acceptors (Lipinski definition) is 6. The van der Waals surface area contributed by atoms with Crippen LogP contribution < -0.4 is 5.32 Å². The Bertz CT molecular complexity index is 879. The van der Waals surface area contributed by atoms with Gasteiger partial charge >= 0.3 is 0 Å². The lowest BCUT2D eigenvalue weighted by molar-refractivity contribution is -0.115. The van der Waals surface area contributed by atoms with Crippen molar-refractivity contribution < 1.29 is 9.32 Å². The molecule has 0 unspecified atom stereocenters. The molecule has 25 heavy (non-hydrogen) atoms. The summed E-state index contributed by atoms with van der Waals surface area (Å²) in [6.07, 6.45) is 2.22. The highest BCUT2D eigenvalue weighted by atomic mass is 35.5. The molecule has 2 heterocycles. The second-order valence-corrected chi connectivity index (χ2v) is 6.90. The van der Waals surface area contributed by atoms with E-state index in [0.29, 0.717) is 28.2 Å². The third-order valence-corrected chi connectivity index (χ3v) is 4.95. The van der Waals surface area contributed by atoms with Gasteiger partial charge in [-0.3, -0.25) is 9.36 Å². The molecule has 0 radical (unpaired) electrons. The van der Waals surface area contributed by atoms with Gasteiger partial charge in [0.1, 0.15) is 12.1 Å². The minimum absolute atomic E-state index is 0.165. The molecule has 1 N–H and O–H groups in total. The number of aryl methyl sites for hydroxylation is 1. The van der Waals surface area contributed by atoms with Gasteiger partial charge in [-0.1, -0.05) is 41.5 Å². The quantitative estimate of drug-likeness (QED) is 0.659. The van der Waals surface area contributed by atoms with Gasteiger partial charge in [-0.2, -0.15) is 0 Å². The summed E-state index contributed by atoms with van der Waals surface area (Å²) in [7, 11) is 0. The summed E-state index contributed by atoms with van der Waals surface area (Å²) in [5.41, 5.74) is 0.836. The first-order valence-corrected chi connectivity index (χ1v) is 8.89. The summed E-state index contributed by atoms with van der Waals surface area (Å²) in [5.74, 6) is 0.871. The van der Waals surface area contributed by atoms with Crippen LogP contribution >= 0.6 is 23.4 Å². The predicted molar refractivity (Wildman–Crippen MR) is 96.2 cm³/mol. The van der Waals surface area contributed by atoms with E-state index in [4.69, 9.17) is 16.1 Å². The Morgan fingerprint density at radius 3 is 2.96 bits per heavy atom. The summed E-state index contributed by atoms with van der Waals surface area (Å²) in [4.78, 5) is 12.5.